The number of carbonyl (C=O) groups is 1. The molecule has 3 rings (SSSR count). The number of carbonyl (C=O) groups excluding carboxylic acids is 1. The van der Waals surface area contributed by atoms with Crippen LogP contribution in [0, 0.1) is 0 Å². The number of rotatable bonds is 8. The molecule has 7 heteroatoms. The third kappa shape index (κ3) is 5.84. The standard InChI is InChI=1S/C20H26N4O3/c1-26-16-7-9-17(10-8-16)27-14-13-21-19(25)18-11-12-22-20(24-18)23-15-5-3-2-4-6-15/h7-12,15H,2-6,13-14H2,1H3,(H,21,25)(H,22,23,24). The van der Waals surface area contributed by atoms with Gasteiger partial charge in [0.1, 0.15) is 23.8 Å². The van der Waals surface area contributed by atoms with Crippen LogP contribution in [0.1, 0.15) is 42.6 Å². The van der Waals surface area contributed by atoms with Gasteiger partial charge in [0.05, 0.1) is 13.7 Å². The topological polar surface area (TPSA) is 85.4 Å². The average molecular weight is 370 g/mol. The summed E-state index contributed by atoms with van der Waals surface area (Å²) in [4.78, 5) is 20.8. The van der Waals surface area contributed by atoms with Crippen molar-refractivity contribution in [2.45, 2.75) is 38.1 Å². The largest absolute Gasteiger partial charge is 0.497 e. The van der Waals surface area contributed by atoms with Crippen LogP contribution in [0.15, 0.2) is 36.5 Å². The number of methoxy groups -OCH3 is 1. The number of ether oxygens (including phenoxy) is 2. The molecule has 1 fully saturated rings. The summed E-state index contributed by atoms with van der Waals surface area (Å²) >= 11 is 0. The van der Waals surface area contributed by atoms with Crippen molar-refractivity contribution in [3.63, 3.8) is 0 Å². The highest BCUT2D eigenvalue weighted by molar-refractivity contribution is 5.92. The quantitative estimate of drug-likeness (QED) is 0.695. The molecule has 0 spiro atoms. The summed E-state index contributed by atoms with van der Waals surface area (Å²) < 4.78 is 10.7. The number of anilines is 1. The second-order valence-electron chi connectivity index (χ2n) is 6.52. The number of nitrogens with zero attached hydrogens (tertiary/aromatic N) is 2. The van der Waals surface area contributed by atoms with Crippen LogP contribution in [0.5, 0.6) is 11.5 Å². The van der Waals surface area contributed by atoms with E-state index in [1.54, 1.807) is 19.4 Å². The van der Waals surface area contributed by atoms with Crippen LogP contribution in [-0.2, 0) is 0 Å². The maximum absolute atomic E-state index is 12.3. The SMILES string of the molecule is COc1ccc(OCCNC(=O)c2ccnc(NC3CCCCC3)n2)cc1. The number of hydrogen-bond acceptors (Lipinski definition) is 6. The summed E-state index contributed by atoms with van der Waals surface area (Å²) in [6.45, 7) is 0.761. The fourth-order valence-corrected chi connectivity index (χ4v) is 3.08. The zero-order valence-corrected chi connectivity index (χ0v) is 15.6. The molecule has 0 bridgehead atoms. The normalized spacial score (nSPS) is 14.4. The third-order valence-electron chi connectivity index (χ3n) is 4.54. The van der Waals surface area contributed by atoms with E-state index in [1.165, 1.54) is 19.3 Å². The molecule has 1 aromatic heterocycles. The first kappa shape index (κ1) is 18.9. The highest BCUT2D eigenvalue weighted by Gasteiger charge is 2.15. The molecule has 2 N–H and O–H groups in total. The lowest BCUT2D eigenvalue weighted by Gasteiger charge is -2.22. The van der Waals surface area contributed by atoms with Crippen molar-refractivity contribution in [3.05, 3.63) is 42.2 Å². The number of aromatic nitrogens is 2. The molecule has 1 saturated carbocycles. The molecule has 1 aliphatic rings. The van der Waals surface area contributed by atoms with Crippen LogP contribution in [0.2, 0.25) is 0 Å². The Morgan fingerprint density at radius 1 is 1.11 bits per heavy atom. The van der Waals surface area contributed by atoms with Gasteiger partial charge in [-0.15, -0.1) is 0 Å². The van der Waals surface area contributed by atoms with E-state index in [0.29, 0.717) is 30.8 Å². The van der Waals surface area contributed by atoms with Gasteiger partial charge in [-0.3, -0.25) is 4.79 Å². The molecule has 0 aliphatic heterocycles. The molecule has 1 aliphatic carbocycles. The number of nitrogens with one attached hydrogen (secondary N) is 2. The van der Waals surface area contributed by atoms with Crippen LogP contribution in [0.3, 0.4) is 0 Å². The summed E-state index contributed by atoms with van der Waals surface area (Å²) in [5.74, 6) is 1.79. The van der Waals surface area contributed by atoms with E-state index >= 15 is 0 Å². The van der Waals surface area contributed by atoms with Gasteiger partial charge in [0.25, 0.3) is 5.91 Å². The maximum atomic E-state index is 12.3. The van der Waals surface area contributed by atoms with E-state index in [2.05, 4.69) is 20.6 Å². The lowest BCUT2D eigenvalue weighted by molar-refractivity contribution is 0.0942. The zero-order valence-electron chi connectivity index (χ0n) is 15.6. The number of amides is 1. The molecule has 0 atom stereocenters. The number of hydrogen-bond donors (Lipinski definition) is 2. The van der Waals surface area contributed by atoms with Gasteiger partial charge in [0.15, 0.2) is 0 Å². The lowest BCUT2D eigenvalue weighted by atomic mass is 9.96. The highest BCUT2D eigenvalue weighted by Crippen LogP contribution is 2.20. The Morgan fingerprint density at radius 3 is 2.59 bits per heavy atom. The molecule has 2 aromatic rings. The Bertz CT molecular complexity index is 730. The summed E-state index contributed by atoms with van der Waals surface area (Å²) in [7, 11) is 1.62. The van der Waals surface area contributed by atoms with Gasteiger partial charge in [-0.2, -0.15) is 0 Å². The van der Waals surface area contributed by atoms with E-state index in [1.807, 2.05) is 24.3 Å². The van der Waals surface area contributed by atoms with Gasteiger partial charge in [-0.05, 0) is 43.2 Å². The number of benzene rings is 1. The minimum absolute atomic E-state index is 0.234. The van der Waals surface area contributed by atoms with E-state index in [9.17, 15) is 4.79 Å². The van der Waals surface area contributed by atoms with Crippen LogP contribution in [0.25, 0.3) is 0 Å². The first-order valence-corrected chi connectivity index (χ1v) is 9.39. The van der Waals surface area contributed by atoms with E-state index in [0.717, 1.165) is 24.3 Å². The average Bonchev–Trinajstić information content (AvgIpc) is 2.72. The summed E-state index contributed by atoms with van der Waals surface area (Å²) in [6, 6.07) is 9.33. The highest BCUT2D eigenvalue weighted by atomic mass is 16.5. The van der Waals surface area contributed by atoms with Crippen LogP contribution in [0.4, 0.5) is 5.95 Å². The molecule has 144 valence electrons. The van der Waals surface area contributed by atoms with Crippen molar-refractivity contribution in [3.8, 4) is 11.5 Å². The minimum Gasteiger partial charge on any atom is -0.497 e. The minimum atomic E-state index is -0.234. The fraction of sp³-hybridized carbons (Fsp3) is 0.450. The smallest absolute Gasteiger partial charge is 0.270 e. The van der Waals surface area contributed by atoms with Gasteiger partial charge in [-0.1, -0.05) is 19.3 Å². The molecular weight excluding hydrogens is 344 g/mol. The second kappa shape index (κ2) is 9.75. The summed E-state index contributed by atoms with van der Waals surface area (Å²) in [5.41, 5.74) is 0.354. The van der Waals surface area contributed by atoms with Crippen molar-refractivity contribution < 1.29 is 14.3 Å². The Morgan fingerprint density at radius 2 is 1.85 bits per heavy atom. The van der Waals surface area contributed by atoms with Gasteiger partial charge in [0, 0.05) is 12.2 Å². The van der Waals surface area contributed by atoms with Crippen molar-refractivity contribution in [1.29, 1.82) is 0 Å². The predicted octanol–water partition coefficient (Wildman–Crippen LogP) is 3.04. The Labute approximate surface area is 159 Å². The van der Waals surface area contributed by atoms with Crippen LogP contribution >= 0.6 is 0 Å². The zero-order chi connectivity index (χ0) is 18.9. The molecule has 1 aromatic carbocycles. The summed E-state index contributed by atoms with van der Waals surface area (Å²) in [5, 5.41) is 6.15. The van der Waals surface area contributed by atoms with Crippen LogP contribution in [-0.4, -0.2) is 42.2 Å². The molecule has 27 heavy (non-hydrogen) atoms. The van der Waals surface area contributed by atoms with E-state index < -0.39 is 0 Å². The first-order chi connectivity index (χ1) is 13.2. The molecule has 1 heterocycles. The molecular formula is C20H26N4O3. The van der Waals surface area contributed by atoms with E-state index in [4.69, 9.17) is 9.47 Å². The van der Waals surface area contributed by atoms with Crippen LogP contribution < -0.4 is 20.1 Å². The Kier molecular flexibility index (Phi) is 6.84. The van der Waals surface area contributed by atoms with Crippen molar-refractivity contribution in [2.24, 2.45) is 0 Å². The predicted molar refractivity (Wildman–Crippen MR) is 103 cm³/mol. The third-order valence-corrected chi connectivity index (χ3v) is 4.54. The Hall–Kier alpha value is -2.83. The maximum Gasteiger partial charge on any atom is 0.270 e. The van der Waals surface area contributed by atoms with Gasteiger partial charge in [0.2, 0.25) is 5.95 Å². The molecule has 0 saturated heterocycles. The Balaban J connectivity index is 1.43. The van der Waals surface area contributed by atoms with Crippen molar-refractivity contribution >= 4 is 11.9 Å². The molecule has 1 amide bonds. The molecule has 0 unspecified atom stereocenters. The fourth-order valence-electron chi connectivity index (χ4n) is 3.08. The van der Waals surface area contributed by atoms with E-state index in [-0.39, 0.29) is 5.91 Å². The van der Waals surface area contributed by atoms with Gasteiger partial charge < -0.3 is 20.1 Å². The second-order valence-corrected chi connectivity index (χ2v) is 6.52. The van der Waals surface area contributed by atoms with Crippen molar-refractivity contribution in [2.75, 3.05) is 25.6 Å². The summed E-state index contributed by atoms with van der Waals surface area (Å²) in [6.07, 6.45) is 7.62. The van der Waals surface area contributed by atoms with Crippen molar-refractivity contribution in [1.82, 2.24) is 15.3 Å². The molecule has 0 radical (unpaired) electrons. The molecule has 7 nitrogen and oxygen atoms in total. The lowest BCUT2D eigenvalue weighted by Crippen LogP contribution is -2.29. The van der Waals surface area contributed by atoms with Gasteiger partial charge >= 0.3 is 0 Å². The monoisotopic (exact) mass is 370 g/mol. The first-order valence-electron chi connectivity index (χ1n) is 9.39. The van der Waals surface area contributed by atoms with Gasteiger partial charge in [-0.25, -0.2) is 9.97 Å².